The summed E-state index contributed by atoms with van der Waals surface area (Å²) in [5.41, 5.74) is 2.16. The van der Waals surface area contributed by atoms with Gasteiger partial charge in [-0.25, -0.2) is 0 Å². The molecule has 3 aromatic carbocycles. The van der Waals surface area contributed by atoms with Gasteiger partial charge in [0, 0.05) is 30.8 Å². The third-order valence-corrected chi connectivity index (χ3v) is 6.35. The van der Waals surface area contributed by atoms with Gasteiger partial charge in [0.15, 0.2) is 5.78 Å². The predicted molar refractivity (Wildman–Crippen MR) is 137 cm³/mol. The Morgan fingerprint density at radius 3 is 1.81 bits per heavy atom. The Balaban J connectivity index is 1.85. The minimum atomic E-state index is 0.208. The average molecular weight is 418 g/mol. The second-order valence-electron chi connectivity index (χ2n) is 8.83. The number of unbranched alkanes of at least 4 members (excludes halogenated alkanes) is 6. The lowest BCUT2D eigenvalue weighted by molar-refractivity contribution is 0.0988. The second-order valence-corrected chi connectivity index (χ2v) is 8.83. The molecule has 0 aromatic heterocycles. The van der Waals surface area contributed by atoms with Crippen LogP contribution in [0.5, 0.6) is 0 Å². The molecule has 31 heavy (non-hydrogen) atoms. The van der Waals surface area contributed by atoms with E-state index in [-0.39, 0.29) is 5.78 Å². The van der Waals surface area contributed by atoms with Crippen molar-refractivity contribution in [2.24, 2.45) is 0 Å². The molecule has 3 aromatic rings. The fraction of sp³-hybridized carbons (Fsp3) is 0.483. The van der Waals surface area contributed by atoms with Crippen molar-refractivity contribution in [2.75, 3.05) is 18.0 Å². The Morgan fingerprint density at radius 2 is 1.23 bits per heavy atom. The summed E-state index contributed by atoms with van der Waals surface area (Å²) in [6, 6.07) is 17.5. The molecule has 0 saturated heterocycles. The number of ketones is 1. The van der Waals surface area contributed by atoms with Crippen LogP contribution in [0.25, 0.3) is 21.5 Å². The zero-order chi connectivity index (χ0) is 22.1. The topological polar surface area (TPSA) is 20.3 Å². The van der Waals surface area contributed by atoms with E-state index >= 15 is 0 Å². The summed E-state index contributed by atoms with van der Waals surface area (Å²) >= 11 is 0. The largest absolute Gasteiger partial charge is 0.372 e. The number of carbonyl (C=O) groups is 1. The SMILES string of the molecule is CCCCCCN(CCCCCC)c1ccc2cc3cc(C(=O)CC)ccc3cc2c1. The highest BCUT2D eigenvalue weighted by Crippen LogP contribution is 2.28. The highest BCUT2D eigenvalue weighted by Gasteiger charge is 2.09. The van der Waals surface area contributed by atoms with Crippen LogP contribution in [0.3, 0.4) is 0 Å². The monoisotopic (exact) mass is 417 g/mol. The molecule has 0 heterocycles. The van der Waals surface area contributed by atoms with E-state index in [1.54, 1.807) is 0 Å². The molecule has 3 rings (SSSR count). The molecule has 0 bridgehead atoms. The van der Waals surface area contributed by atoms with Crippen LogP contribution in [-0.4, -0.2) is 18.9 Å². The van der Waals surface area contributed by atoms with Gasteiger partial charge in [-0.1, -0.05) is 77.5 Å². The van der Waals surface area contributed by atoms with E-state index in [9.17, 15) is 4.79 Å². The Labute approximate surface area is 188 Å². The number of hydrogen-bond acceptors (Lipinski definition) is 2. The van der Waals surface area contributed by atoms with Crippen LogP contribution in [-0.2, 0) is 0 Å². The lowest BCUT2D eigenvalue weighted by Gasteiger charge is -2.25. The van der Waals surface area contributed by atoms with Crippen LogP contribution in [0.2, 0.25) is 0 Å². The Hall–Kier alpha value is -2.35. The van der Waals surface area contributed by atoms with E-state index in [2.05, 4.69) is 55.1 Å². The summed E-state index contributed by atoms with van der Waals surface area (Å²) < 4.78 is 0. The van der Waals surface area contributed by atoms with E-state index in [0.29, 0.717) is 6.42 Å². The number of Topliss-reactive ketones (excluding diaryl/α,β-unsaturated/α-hetero) is 1. The predicted octanol–water partition coefficient (Wildman–Crippen LogP) is 8.55. The molecule has 0 amide bonds. The third-order valence-electron chi connectivity index (χ3n) is 6.35. The molecular weight excluding hydrogens is 378 g/mol. The van der Waals surface area contributed by atoms with Gasteiger partial charge >= 0.3 is 0 Å². The molecule has 0 aliphatic carbocycles. The summed E-state index contributed by atoms with van der Waals surface area (Å²) in [6.45, 7) is 8.76. The van der Waals surface area contributed by atoms with Gasteiger partial charge in [0.2, 0.25) is 0 Å². The van der Waals surface area contributed by atoms with Gasteiger partial charge in [-0.2, -0.15) is 0 Å². The molecule has 0 aliphatic heterocycles. The van der Waals surface area contributed by atoms with Crippen LogP contribution in [0.1, 0.15) is 88.9 Å². The fourth-order valence-corrected chi connectivity index (χ4v) is 4.39. The first kappa shape index (κ1) is 23.3. The standard InChI is InChI=1S/C29H39NO/c1-4-7-9-11-17-30(18-12-10-8-5-2)28-16-15-24-19-26-21-25(29(31)6-3)14-13-23(26)20-27(24)22-28/h13-16,19-22H,4-12,17-18H2,1-3H3. The summed E-state index contributed by atoms with van der Waals surface area (Å²) in [5, 5.41) is 4.88. The number of nitrogens with zero attached hydrogens (tertiary/aromatic N) is 1. The smallest absolute Gasteiger partial charge is 0.162 e. The Morgan fingerprint density at radius 1 is 0.645 bits per heavy atom. The van der Waals surface area contributed by atoms with Crippen molar-refractivity contribution < 1.29 is 4.79 Å². The number of anilines is 1. The molecule has 0 radical (unpaired) electrons. The Kier molecular flexibility index (Phi) is 8.94. The summed E-state index contributed by atoms with van der Waals surface area (Å²) in [6.07, 6.45) is 11.0. The van der Waals surface area contributed by atoms with E-state index in [1.165, 1.54) is 73.2 Å². The molecule has 2 nitrogen and oxygen atoms in total. The molecule has 0 unspecified atom stereocenters. The summed E-state index contributed by atoms with van der Waals surface area (Å²) in [7, 11) is 0. The van der Waals surface area contributed by atoms with Crippen LogP contribution in [0.15, 0.2) is 48.5 Å². The van der Waals surface area contributed by atoms with Crippen molar-refractivity contribution in [1.82, 2.24) is 0 Å². The highest BCUT2D eigenvalue weighted by molar-refractivity contribution is 6.04. The zero-order valence-electron chi connectivity index (χ0n) is 19.8. The molecule has 0 N–H and O–H groups in total. The minimum absolute atomic E-state index is 0.208. The lowest BCUT2D eigenvalue weighted by atomic mass is 9.99. The van der Waals surface area contributed by atoms with Gasteiger partial charge in [-0.3, -0.25) is 4.79 Å². The van der Waals surface area contributed by atoms with Gasteiger partial charge in [0.1, 0.15) is 0 Å². The molecule has 0 atom stereocenters. The zero-order valence-corrected chi connectivity index (χ0v) is 19.8. The van der Waals surface area contributed by atoms with Crippen molar-refractivity contribution >= 4 is 33.0 Å². The van der Waals surface area contributed by atoms with Crippen LogP contribution < -0.4 is 4.90 Å². The molecule has 0 fully saturated rings. The first-order valence-electron chi connectivity index (χ1n) is 12.4. The van der Waals surface area contributed by atoms with Crippen LogP contribution in [0, 0.1) is 0 Å². The highest BCUT2D eigenvalue weighted by atomic mass is 16.1. The Bertz CT molecular complexity index is 979. The molecule has 0 aliphatic rings. The van der Waals surface area contributed by atoms with Gasteiger partial charge in [0.05, 0.1) is 0 Å². The van der Waals surface area contributed by atoms with Gasteiger partial charge < -0.3 is 4.90 Å². The van der Waals surface area contributed by atoms with Crippen molar-refractivity contribution in [3.8, 4) is 0 Å². The summed E-state index contributed by atoms with van der Waals surface area (Å²) in [5.74, 6) is 0.208. The maximum atomic E-state index is 12.1. The van der Waals surface area contributed by atoms with Crippen LogP contribution >= 0.6 is 0 Å². The van der Waals surface area contributed by atoms with Gasteiger partial charge in [0.25, 0.3) is 0 Å². The maximum Gasteiger partial charge on any atom is 0.162 e. The number of hydrogen-bond donors (Lipinski definition) is 0. The van der Waals surface area contributed by atoms with E-state index < -0.39 is 0 Å². The first-order valence-corrected chi connectivity index (χ1v) is 12.4. The van der Waals surface area contributed by atoms with E-state index in [1.807, 2.05) is 19.1 Å². The molecule has 0 spiro atoms. The minimum Gasteiger partial charge on any atom is -0.372 e. The number of carbonyl (C=O) groups excluding carboxylic acids is 1. The second kappa shape index (κ2) is 11.9. The molecule has 2 heteroatoms. The molecular formula is C29H39NO. The number of rotatable bonds is 13. The maximum absolute atomic E-state index is 12.1. The quantitative estimate of drug-likeness (QED) is 0.158. The molecule has 166 valence electrons. The lowest BCUT2D eigenvalue weighted by Crippen LogP contribution is -2.25. The number of fused-ring (bicyclic) bond motifs is 2. The van der Waals surface area contributed by atoms with Gasteiger partial charge in [-0.15, -0.1) is 0 Å². The van der Waals surface area contributed by atoms with Gasteiger partial charge in [-0.05, 0) is 64.7 Å². The molecule has 0 saturated carbocycles. The normalized spacial score (nSPS) is 11.3. The van der Waals surface area contributed by atoms with Crippen LogP contribution in [0.4, 0.5) is 5.69 Å². The number of benzene rings is 3. The van der Waals surface area contributed by atoms with E-state index in [4.69, 9.17) is 0 Å². The van der Waals surface area contributed by atoms with Crippen molar-refractivity contribution in [2.45, 2.75) is 78.6 Å². The third kappa shape index (κ3) is 6.32. The van der Waals surface area contributed by atoms with Crippen molar-refractivity contribution in [1.29, 1.82) is 0 Å². The summed E-state index contributed by atoms with van der Waals surface area (Å²) in [4.78, 5) is 14.7. The van der Waals surface area contributed by atoms with Crippen molar-refractivity contribution in [3.63, 3.8) is 0 Å². The fourth-order valence-electron chi connectivity index (χ4n) is 4.39. The average Bonchev–Trinajstić information content (AvgIpc) is 2.80. The first-order chi connectivity index (χ1) is 15.2. The van der Waals surface area contributed by atoms with Crippen molar-refractivity contribution in [3.05, 3.63) is 54.1 Å². The van der Waals surface area contributed by atoms with E-state index in [0.717, 1.165) is 24.0 Å².